The number of benzene rings is 10. The van der Waals surface area contributed by atoms with E-state index in [2.05, 4.69) is 252 Å². The summed E-state index contributed by atoms with van der Waals surface area (Å²) < 4.78 is 2.39. The van der Waals surface area contributed by atoms with E-state index in [-0.39, 0.29) is 0 Å². The van der Waals surface area contributed by atoms with Crippen LogP contribution in [0.5, 0.6) is 0 Å². The van der Waals surface area contributed by atoms with E-state index >= 15 is 0 Å². The van der Waals surface area contributed by atoms with Crippen LogP contribution in [0.15, 0.2) is 243 Å². The first kappa shape index (κ1) is 35.2. The molecule has 0 aliphatic carbocycles. The van der Waals surface area contributed by atoms with E-state index in [1.54, 1.807) is 0 Å². The summed E-state index contributed by atoms with van der Waals surface area (Å²) >= 11 is 0. The minimum absolute atomic E-state index is 1.09. The van der Waals surface area contributed by atoms with Crippen LogP contribution in [-0.2, 0) is 0 Å². The third-order valence-electron chi connectivity index (χ3n) is 11.8. The fraction of sp³-hybridized carbons (Fsp3) is 0. The SMILES string of the molecule is c1ccc(-c2ccc(N(c3ccc(-c4ccc5ccc(-c6ccccc6)cc5c4)cc3)c3ccccc3-c3cccc4c3c3ccccc3n4-c3ccccc3)cc2)cc1. The molecule has 0 saturated heterocycles. The van der Waals surface area contributed by atoms with Gasteiger partial charge in [0.15, 0.2) is 0 Å². The van der Waals surface area contributed by atoms with Crippen LogP contribution in [0.4, 0.5) is 17.1 Å². The van der Waals surface area contributed by atoms with Crippen LogP contribution >= 0.6 is 0 Å². The fourth-order valence-corrected chi connectivity index (χ4v) is 8.90. The van der Waals surface area contributed by atoms with Gasteiger partial charge in [-0.1, -0.05) is 176 Å². The average Bonchev–Trinajstić information content (AvgIpc) is 3.67. The summed E-state index contributed by atoms with van der Waals surface area (Å²) in [5, 5.41) is 4.94. The van der Waals surface area contributed by atoms with Crippen molar-refractivity contribution in [2.24, 2.45) is 0 Å². The Hall–Kier alpha value is -7.94. The number of anilines is 3. The number of aromatic nitrogens is 1. The normalized spacial score (nSPS) is 11.3. The Kier molecular flexibility index (Phi) is 8.87. The van der Waals surface area contributed by atoms with E-state index in [4.69, 9.17) is 0 Å². The van der Waals surface area contributed by atoms with Gasteiger partial charge < -0.3 is 9.47 Å². The summed E-state index contributed by atoms with van der Waals surface area (Å²) in [6, 6.07) is 87.9. The number of rotatable bonds is 8. The van der Waals surface area contributed by atoms with E-state index in [1.807, 2.05) is 0 Å². The van der Waals surface area contributed by atoms with Gasteiger partial charge in [0.25, 0.3) is 0 Å². The summed E-state index contributed by atoms with van der Waals surface area (Å²) in [4.78, 5) is 2.41. The number of fused-ring (bicyclic) bond motifs is 4. The van der Waals surface area contributed by atoms with E-state index < -0.39 is 0 Å². The lowest BCUT2D eigenvalue weighted by atomic mass is 9.96. The molecule has 0 saturated carbocycles. The first-order valence-electron chi connectivity index (χ1n) is 20.6. The van der Waals surface area contributed by atoms with Crippen molar-refractivity contribution in [1.29, 1.82) is 0 Å². The van der Waals surface area contributed by atoms with Gasteiger partial charge >= 0.3 is 0 Å². The zero-order valence-corrected chi connectivity index (χ0v) is 33.0. The minimum Gasteiger partial charge on any atom is -0.310 e. The fourth-order valence-electron chi connectivity index (χ4n) is 8.90. The predicted molar refractivity (Wildman–Crippen MR) is 255 cm³/mol. The van der Waals surface area contributed by atoms with E-state index in [1.165, 1.54) is 77.1 Å². The summed E-state index contributed by atoms with van der Waals surface area (Å²) in [6.07, 6.45) is 0. The Balaban J connectivity index is 1.05. The highest BCUT2D eigenvalue weighted by atomic mass is 15.1. The number of para-hydroxylation sites is 3. The summed E-state index contributed by atoms with van der Waals surface area (Å²) in [5.74, 6) is 0. The van der Waals surface area contributed by atoms with Crippen LogP contribution in [0.25, 0.3) is 82.8 Å². The Labute approximate surface area is 350 Å². The van der Waals surface area contributed by atoms with Crippen molar-refractivity contribution in [1.82, 2.24) is 4.57 Å². The van der Waals surface area contributed by atoms with Crippen molar-refractivity contribution >= 4 is 49.6 Å². The van der Waals surface area contributed by atoms with Gasteiger partial charge in [-0.2, -0.15) is 0 Å². The molecular weight excluding hydrogens is 725 g/mol. The molecule has 1 heterocycles. The lowest BCUT2D eigenvalue weighted by Crippen LogP contribution is -2.11. The molecule has 60 heavy (non-hydrogen) atoms. The zero-order chi connectivity index (χ0) is 39.8. The molecule has 11 rings (SSSR count). The second-order valence-corrected chi connectivity index (χ2v) is 15.3. The van der Waals surface area contributed by atoms with Crippen LogP contribution < -0.4 is 4.90 Å². The summed E-state index contributed by atoms with van der Waals surface area (Å²) in [6.45, 7) is 0. The molecule has 1 aromatic heterocycles. The maximum atomic E-state index is 2.41. The lowest BCUT2D eigenvalue weighted by molar-refractivity contribution is 1.18. The molecule has 0 unspecified atom stereocenters. The van der Waals surface area contributed by atoms with Gasteiger partial charge in [-0.25, -0.2) is 0 Å². The highest BCUT2D eigenvalue weighted by Gasteiger charge is 2.21. The number of nitrogens with zero attached hydrogens (tertiary/aromatic N) is 2. The van der Waals surface area contributed by atoms with Crippen molar-refractivity contribution in [3.05, 3.63) is 243 Å². The standard InChI is InChI=1S/C58H40N2/c1-4-15-41(16-5-1)43-31-35-50(36-32-43)59(51-37-33-44(34-38-51)47-30-28-45-27-29-46(39-48(45)40-47)42-17-6-2-7-18-42)55-24-12-10-21-52(55)53-23-14-26-57-58(53)54-22-11-13-25-56(54)60(57)49-19-8-3-9-20-49/h1-40H. The van der Waals surface area contributed by atoms with E-state index in [9.17, 15) is 0 Å². The molecule has 0 fully saturated rings. The largest absolute Gasteiger partial charge is 0.310 e. The molecule has 0 N–H and O–H groups in total. The maximum Gasteiger partial charge on any atom is 0.0547 e. The van der Waals surface area contributed by atoms with Gasteiger partial charge in [0, 0.05) is 33.4 Å². The van der Waals surface area contributed by atoms with Crippen molar-refractivity contribution in [3.63, 3.8) is 0 Å². The topological polar surface area (TPSA) is 8.17 Å². The van der Waals surface area contributed by atoms with Crippen LogP contribution in [0, 0.1) is 0 Å². The van der Waals surface area contributed by atoms with Crippen LogP contribution in [-0.4, -0.2) is 4.57 Å². The van der Waals surface area contributed by atoms with Crippen molar-refractivity contribution in [2.75, 3.05) is 4.90 Å². The molecule has 0 radical (unpaired) electrons. The lowest BCUT2D eigenvalue weighted by Gasteiger charge is -2.28. The molecule has 2 heteroatoms. The minimum atomic E-state index is 1.09. The third-order valence-corrected chi connectivity index (χ3v) is 11.8. The Morgan fingerprint density at radius 1 is 0.300 bits per heavy atom. The first-order valence-corrected chi connectivity index (χ1v) is 20.6. The molecule has 282 valence electrons. The Bertz CT molecular complexity index is 3270. The van der Waals surface area contributed by atoms with Crippen molar-refractivity contribution < 1.29 is 0 Å². The first-order chi connectivity index (χ1) is 29.8. The van der Waals surface area contributed by atoms with Crippen molar-refractivity contribution in [2.45, 2.75) is 0 Å². The van der Waals surface area contributed by atoms with Gasteiger partial charge in [-0.15, -0.1) is 0 Å². The van der Waals surface area contributed by atoms with Gasteiger partial charge in [0.05, 0.1) is 16.7 Å². The molecule has 0 atom stereocenters. The molecule has 11 aromatic rings. The number of hydrogen-bond donors (Lipinski definition) is 0. The molecule has 0 aliphatic heterocycles. The third kappa shape index (κ3) is 6.32. The molecule has 0 aliphatic rings. The molecular formula is C58H40N2. The molecule has 10 aromatic carbocycles. The van der Waals surface area contributed by atoms with E-state index in [0.29, 0.717) is 0 Å². The predicted octanol–water partition coefficient (Wildman–Crippen LogP) is 16.1. The molecule has 0 spiro atoms. The highest BCUT2D eigenvalue weighted by molar-refractivity contribution is 6.17. The van der Waals surface area contributed by atoms with E-state index in [0.717, 1.165) is 22.7 Å². The van der Waals surface area contributed by atoms with Gasteiger partial charge in [0.2, 0.25) is 0 Å². The zero-order valence-electron chi connectivity index (χ0n) is 33.0. The molecule has 2 nitrogen and oxygen atoms in total. The number of hydrogen-bond acceptors (Lipinski definition) is 1. The van der Waals surface area contributed by atoms with Crippen LogP contribution in [0.1, 0.15) is 0 Å². The van der Waals surface area contributed by atoms with Crippen molar-refractivity contribution in [3.8, 4) is 50.2 Å². The summed E-state index contributed by atoms with van der Waals surface area (Å²) in [5.41, 5.74) is 16.4. The Morgan fingerprint density at radius 3 is 1.42 bits per heavy atom. The highest BCUT2D eigenvalue weighted by Crippen LogP contribution is 2.46. The second kappa shape index (κ2) is 15.1. The Morgan fingerprint density at radius 2 is 0.767 bits per heavy atom. The van der Waals surface area contributed by atoms with Gasteiger partial charge in [0.1, 0.15) is 0 Å². The second-order valence-electron chi connectivity index (χ2n) is 15.3. The smallest absolute Gasteiger partial charge is 0.0547 e. The van der Waals surface area contributed by atoms with Crippen LogP contribution in [0.3, 0.4) is 0 Å². The quantitative estimate of drug-likeness (QED) is 0.150. The van der Waals surface area contributed by atoms with Gasteiger partial charge in [-0.05, 0) is 116 Å². The van der Waals surface area contributed by atoms with Crippen LogP contribution in [0.2, 0.25) is 0 Å². The maximum absolute atomic E-state index is 2.41. The monoisotopic (exact) mass is 764 g/mol. The van der Waals surface area contributed by atoms with Gasteiger partial charge in [-0.3, -0.25) is 0 Å². The average molecular weight is 765 g/mol. The molecule has 0 bridgehead atoms. The molecule has 0 amide bonds. The summed E-state index contributed by atoms with van der Waals surface area (Å²) in [7, 11) is 0.